The number of rotatable bonds is 6. The summed E-state index contributed by atoms with van der Waals surface area (Å²) in [6, 6.07) is 0.304. The van der Waals surface area contributed by atoms with E-state index >= 15 is 0 Å². The third-order valence-electron chi connectivity index (χ3n) is 3.99. The minimum atomic E-state index is 0.304. The highest BCUT2D eigenvalue weighted by Crippen LogP contribution is 2.26. The Kier molecular flexibility index (Phi) is 5.70. The smallest absolute Gasteiger partial charge is 0.227 e. The Balaban J connectivity index is 1.83. The summed E-state index contributed by atoms with van der Waals surface area (Å²) in [6.07, 6.45) is 6.89. The van der Waals surface area contributed by atoms with E-state index < -0.39 is 0 Å². The lowest BCUT2D eigenvalue weighted by atomic mass is 9.83. The molecule has 0 radical (unpaired) electrons. The first kappa shape index (κ1) is 14.9. The molecule has 1 aliphatic rings. The predicted molar refractivity (Wildman–Crippen MR) is 79.0 cm³/mol. The van der Waals surface area contributed by atoms with Crippen LogP contribution in [0.2, 0.25) is 0 Å². The first-order valence-corrected chi connectivity index (χ1v) is 8.42. The van der Waals surface area contributed by atoms with E-state index in [1.165, 1.54) is 25.7 Å². The van der Waals surface area contributed by atoms with Gasteiger partial charge in [0.1, 0.15) is 0 Å². The van der Waals surface area contributed by atoms with Crippen molar-refractivity contribution in [2.24, 2.45) is 11.7 Å². The van der Waals surface area contributed by atoms with E-state index in [-0.39, 0.29) is 0 Å². The van der Waals surface area contributed by atoms with Crippen LogP contribution in [0, 0.1) is 5.92 Å². The average molecular weight is 283 g/mol. The number of hydrogen-bond donors (Lipinski definition) is 1. The van der Waals surface area contributed by atoms with Crippen molar-refractivity contribution in [3.05, 3.63) is 11.7 Å². The molecule has 4 nitrogen and oxygen atoms in total. The molecular weight excluding hydrogens is 258 g/mol. The lowest BCUT2D eigenvalue weighted by Gasteiger charge is -2.27. The van der Waals surface area contributed by atoms with Gasteiger partial charge in [-0.05, 0) is 25.2 Å². The molecule has 19 heavy (non-hydrogen) atoms. The molecule has 0 amide bonds. The van der Waals surface area contributed by atoms with Crippen molar-refractivity contribution < 1.29 is 4.52 Å². The first-order chi connectivity index (χ1) is 9.19. The topological polar surface area (TPSA) is 64.9 Å². The van der Waals surface area contributed by atoms with Gasteiger partial charge in [0.15, 0.2) is 5.82 Å². The van der Waals surface area contributed by atoms with Crippen LogP contribution in [0.4, 0.5) is 0 Å². The molecular formula is C14H25N3OS. The van der Waals surface area contributed by atoms with Crippen LogP contribution >= 0.6 is 11.8 Å². The quantitative estimate of drug-likeness (QED) is 0.868. The third kappa shape index (κ3) is 4.49. The maximum Gasteiger partial charge on any atom is 0.227 e. The van der Waals surface area contributed by atoms with Crippen LogP contribution in [-0.2, 0) is 12.2 Å². The predicted octanol–water partition coefficient (Wildman–Crippen LogP) is 3.16. The number of nitrogens with zero attached hydrogens (tertiary/aromatic N) is 2. The van der Waals surface area contributed by atoms with Crippen molar-refractivity contribution in [1.82, 2.24) is 10.1 Å². The summed E-state index contributed by atoms with van der Waals surface area (Å²) in [4.78, 5) is 4.49. The zero-order valence-corrected chi connectivity index (χ0v) is 12.8. The highest BCUT2D eigenvalue weighted by atomic mass is 32.2. The van der Waals surface area contributed by atoms with E-state index in [1.807, 2.05) is 11.8 Å². The monoisotopic (exact) mass is 283 g/mol. The molecule has 0 aromatic carbocycles. The molecule has 1 aliphatic carbocycles. The zero-order chi connectivity index (χ0) is 13.7. The summed E-state index contributed by atoms with van der Waals surface area (Å²) in [7, 11) is 0. The molecule has 2 rings (SSSR count). The summed E-state index contributed by atoms with van der Waals surface area (Å²) >= 11 is 1.88. The molecule has 3 unspecified atom stereocenters. The van der Waals surface area contributed by atoms with Gasteiger partial charge in [0.25, 0.3) is 0 Å². The van der Waals surface area contributed by atoms with E-state index in [0.29, 0.717) is 17.2 Å². The van der Waals surface area contributed by atoms with Gasteiger partial charge in [-0.25, -0.2) is 0 Å². The van der Waals surface area contributed by atoms with Gasteiger partial charge in [-0.2, -0.15) is 16.7 Å². The van der Waals surface area contributed by atoms with Crippen molar-refractivity contribution in [2.45, 2.75) is 69.4 Å². The third-order valence-corrected chi connectivity index (χ3v) is 5.31. The van der Waals surface area contributed by atoms with E-state index in [4.69, 9.17) is 10.3 Å². The van der Waals surface area contributed by atoms with Gasteiger partial charge in [0.05, 0.1) is 5.75 Å². The normalized spacial score (nSPS) is 25.4. The van der Waals surface area contributed by atoms with Crippen LogP contribution in [0.5, 0.6) is 0 Å². The summed E-state index contributed by atoms with van der Waals surface area (Å²) in [5.41, 5.74) is 6.16. The number of nitrogens with two attached hydrogens (primary N) is 1. The van der Waals surface area contributed by atoms with E-state index in [9.17, 15) is 0 Å². The fourth-order valence-electron chi connectivity index (χ4n) is 2.48. The standard InChI is InChI=1S/C14H25N3OS/c1-3-10(2)19-9-13-16-14(18-17-13)8-11-6-4-5-7-12(11)15/h10-12H,3-9,15H2,1-2H3. The Morgan fingerprint density at radius 2 is 2.21 bits per heavy atom. The maximum absolute atomic E-state index is 6.16. The molecule has 1 aromatic heterocycles. The fraction of sp³-hybridized carbons (Fsp3) is 0.857. The maximum atomic E-state index is 6.16. The Labute approximate surface area is 119 Å². The minimum absolute atomic E-state index is 0.304. The van der Waals surface area contributed by atoms with E-state index in [0.717, 1.165) is 30.3 Å². The molecule has 5 heteroatoms. The molecule has 1 heterocycles. The van der Waals surface area contributed by atoms with E-state index in [2.05, 4.69) is 24.0 Å². The molecule has 0 saturated heterocycles. The molecule has 0 spiro atoms. The first-order valence-electron chi connectivity index (χ1n) is 7.37. The fourth-order valence-corrected chi connectivity index (χ4v) is 3.27. The molecule has 2 N–H and O–H groups in total. The number of aromatic nitrogens is 2. The SMILES string of the molecule is CCC(C)SCc1noc(CC2CCCCC2N)n1. The van der Waals surface area contributed by atoms with Crippen molar-refractivity contribution in [1.29, 1.82) is 0 Å². The lowest BCUT2D eigenvalue weighted by molar-refractivity contribution is 0.273. The summed E-state index contributed by atoms with van der Waals surface area (Å²) in [5.74, 6) is 2.95. The second-order valence-corrected chi connectivity index (χ2v) is 6.97. The summed E-state index contributed by atoms with van der Waals surface area (Å²) in [5, 5.41) is 4.71. The Morgan fingerprint density at radius 3 is 2.95 bits per heavy atom. The number of thioether (sulfide) groups is 1. The molecule has 1 fully saturated rings. The highest BCUT2D eigenvalue weighted by Gasteiger charge is 2.24. The molecule has 108 valence electrons. The van der Waals surface area contributed by atoms with Crippen LogP contribution in [-0.4, -0.2) is 21.4 Å². The minimum Gasteiger partial charge on any atom is -0.339 e. The van der Waals surface area contributed by atoms with E-state index in [1.54, 1.807) is 0 Å². The van der Waals surface area contributed by atoms with Crippen LogP contribution in [0.15, 0.2) is 4.52 Å². The molecule has 0 bridgehead atoms. The van der Waals surface area contributed by atoms with Gasteiger partial charge in [-0.1, -0.05) is 31.8 Å². The average Bonchev–Trinajstić information content (AvgIpc) is 2.86. The zero-order valence-electron chi connectivity index (χ0n) is 12.0. The van der Waals surface area contributed by atoms with Crippen LogP contribution in [0.3, 0.4) is 0 Å². The Bertz CT molecular complexity index is 383. The van der Waals surface area contributed by atoms with Gasteiger partial charge in [0, 0.05) is 17.7 Å². The largest absolute Gasteiger partial charge is 0.339 e. The summed E-state index contributed by atoms with van der Waals surface area (Å²) < 4.78 is 5.35. The summed E-state index contributed by atoms with van der Waals surface area (Å²) in [6.45, 7) is 4.43. The highest BCUT2D eigenvalue weighted by molar-refractivity contribution is 7.99. The van der Waals surface area contributed by atoms with Gasteiger partial charge >= 0.3 is 0 Å². The molecule has 1 saturated carbocycles. The van der Waals surface area contributed by atoms with Gasteiger partial charge in [0.2, 0.25) is 5.89 Å². The van der Waals surface area contributed by atoms with Crippen LogP contribution in [0.1, 0.15) is 57.7 Å². The molecule has 1 aromatic rings. The van der Waals surface area contributed by atoms with Crippen LogP contribution in [0.25, 0.3) is 0 Å². The number of hydrogen-bond acceptors (Lipinski definition) is 5. The van der Waals surface area contributed by atoms with Crippen molar-refractivity contribution in [3.8, 4) is 0 Å². The second kappa shape index (κ2) is 7.29. The van der Waals surface area contributed by atoms with Gasteiger partial charge in [-0.15, -0.1) is 0 Å². The lowest BCUT2D eigenvalue weighted by Crippen LogP contribution is -2.34. The second-order valence-electron chi connectivity index (χ2n) is 5.55. The van der Waals surface area contributed by atoms with Gasteiger partial charge < -0.3 is 10.3 Å². The van der Waals surface area contributed by atoms with Crippen LogP contribution < -0.4 is 5.73 Å². The molecule has 0 aliphatic heterocycles. The van der Waals surface area contributed by atoms with Gasteiger partial charge in [-0.3, -0.25) is 0 Å². The van der Waals surface area contributed by atoms with Crippen molar-refractivity contribution in [2.75, 3.05) is 0 Å². The Morgan fingerprint density at radius 1 is 1.42 bits per heavy atom. The molecule has 3 atom stereocenters. The van der Waals surface area contributed by atoms with Crippen molar-refractivity contribution >= 4 is 11.8 Å². The Hall–Kier alpha value is -0.550. The van der Waals surface area contributed by atoms with Crippen molar-refractivity contribution in [3.63, 3.8) is 0 Å².